The van der Waals surface area contributed by atoms with E-state index >= 15 is 0 Å². The molecule has 0 unspecified atom stereocenters. The Labute approximate surface area is 389 Å². The summed E-state index contributed by atoms with van der Waals surface area (Å²) in [6.07, 6.45) is 3.75. The van der Waals surface area contributed by atoms with E-state index in [4.69, 9.17) is 24.9 Å². The molecule has 0 atom stereocenters. The normalized spacial score (nSPS) is 11.8. The van der Waals surface area contributed by atoms with Crippen molar-refractivity contribution >= 4 is 76.2 Å². The maximum absolute atomic E-state index is 5.24. The first kappa shape index (κ1) is 38.0. The van der Waals surface area contributed by atoms with Crippen LogP contribution in [0.15, 0.2) is 225 Å². The molecule has 0 amide bonds. The van der Waals surface area contributed by atoms with Crippen LogP contribution in [0, 0.1) is 0 Å². The smallest absolute Gasteiger partial charge is 0.164 e. The maximum Gasteiger partial charge on any atom is 0.164 e. The quantitative estimate of drug-likeness (QED) is 0.156. The second kappa shape index (κ2) is 15.1. The summed E-state index contributed by atoms with van der Waals surface area (Å²) in [6.45, 7) is 0. The molecule has 0 radical (unpaired) electrons. The van der Waals surface area contributed by atoms with Crippen molar-refractivity contribution in [2.75, 3.05) is 0 Å². The van der Waals surface area contributed by atoms with Crippen molar-refractivity contribution in [2.45, 2.75) is 0 Å². The number of aromatic nitrogens is 7. The molecule has 14 rings (SSSR count). The molecule has 0 saturated heterocycles. The molecule has 316 valence electrons. The largest absolute Gasteiger partial charge is 0.309 e. The van der Waals surface area contributed by atoms with Crippen molar-refractivity contribution in [2.24, 2.45) is 0 Å². The van der Waals surface area contributed by atoms with Gasteiger partial charge >= 0.3 is 0 Å². The van der Waals surface area contributed by atoms with Gasteiger partial charge in [0, 0.05) is 72.5 Å². The van der Waals surface area contributed by atoms with Crippen LogP contribution in [0.5, 0.6) is 0 Å². The molecule has 5 heterocycles. The first-order valence-electron chi connectivity index (χ1n) is 22.8. The predicted molar refractivity (Wildman–Crippen MR) is 278 cm³/mol. The molecule has 0 bridgehead atoms. The van der Waals surface area contributed by atoms with E-state index in [1.807, 2.05) is 85.2 Å². The van der Waals surface area contributed by atoms with Gasteiger partial charge in [-0.1, -0.05) is 146 Å². The molecular weight excluding hydrogens is 831 g/mol. The van der Waals surface area contributed by atoms with E-state index < -0.39 is 0 Å². The highest BCUT2D eigenvalue weighted by Gasteiger charge is 2.21. The summed E-state index contributed by atoms with van der Waals surface area (Å²) in [5.41, 5.74) is 13.5. The highest BCUT2D eigenvalue weighted by atomic mass is 15.0. The lowest BCUT2D eigenvalue weighted by atomic mass is 9.99. The Morgan fingerprint density at radius 3 is 1.49 bits per heavy atom. The number of para-hydroxylation sites is 3. The Morgan fingerprint density at radius 1 is 0.294 bits per heavy atom. The number of nitrogens with zero attached hydrogens (tertiary/aromatic N) is 7. The maximum atomic E-state index is 5.24. The van der Waals surface area contributed by atoms with Crippen molar-refractivity contribution in [3.63, 3.8) is 0 Å². The molecular formula is C61H37N7. The number of pyridine rings is 2. The van der Waals surface area contributed by atoms with Gasteiger partial charge in [-0.25, -0.2) is 15.0 Å². The van der Waals surface area contributed by atoms with E-state index in [0.29, 0.717) is 17.5 Å². The van der Waals surface area contributed by atoms with Crippen molar-refractivity contribution < 1.29 is 0 Å². The SMILES string of the molecule is c1ccc(-c2nc(-c3ccccc3)nc(-c3cc(-n4c5ccccc5c5cc(-c6ccc7c(c6)c6ccccc6n7-c6cccc7cccnc67)ccc54)cc4c3ccc3cccnc34)n2)cc1. The molecule has 14 aromatic rings. The summed E-state index contributed by atoms with van der Waals surface area (Å²) >= 11 is 0. The second-order valence-corrected chi connectivity index (χ2v) is 17.3. The summed E-state index contributed by atoms with van der Waals surface area (Å²) < 4.78 is 4.74. The highest BCUT2D eigenvalue weighted by molar-refractivity contribution is 6.15. The van der Waals surface area contributed by atoms with Crippen LogP contribution in [-0.4, -0.2) is 34.1 Å². The average molecular weight is 868 g/mol. The van der Waals surface area contributed by atoms with Gasteiger partial charge < -0.3 is 9.13 Å². The van der Waals surface area contributed by atoms with Gasteiger partial charge in [0.15, 0.2) is 17.5 Å². The zero-order valence-electron chi connectivity index (χ0n) is 36.5. The monoisotopic (exact) mass is 867 g/mol. The minimum Gasteiger partial charge on any atom is -0.309 e. The molecule has 9 aromatic carbocycles. The third-order valence-electron chi connectivity index (χ3n) is 13.4. The van der Waals surface area contributed by atoms with Crippen molar-refractivity contribution in [1.82, 2.24) is 34.1 Å². The van der Waals surface area contributed by atoms with Crippen LogP contribution >= 0.6 is 0 Å². The molecule has 7 nitrogen and oxygen atoms in total. The molecule has 7 heteroatoms. The summed E-state index contributed by atoms with van der Waals surface area (Å²) in [5.74, 6) is 1.82. The third-order valence-corrected chi connectivity index (χ3v) is 13.4. The van der Waals surface area contributed by atoms with Crippen molar-refractivity contribution in [3.8, 4) is 56.7 Å². The van der Waals surface area contributed by atoms with Gasteiger partial charge in [-0.05, 0) is 83.2 Å². The Hall–Kier alpha value is -9.33. The van der Waals surface area contributed by atoms with E-state index in [-0.39, 0.29) is 0 Å². The van der Waals surface area contributed by atoms with E-state index in [2.05, 4.69) is 149 Å². The summed E-state index contributed by atoms with van der Waals surface area (Å²) in [4.78, 5) is 25.3. The summed E-state index contributed by atoms with van der Waals surface area (Å²) in [6, 6.07) is 74.9. The number of fused-ring (bicyclic) bond motifs is 10. The lowest BCUT2D eigenvalue weighted by molar-refractivity contribution is 1.07. The van der Waals surface area contributed by atoms with Gasteiger partial charge in [0.05, 0.1) is 38.8 Å². The molecule has 0 spiro atoms. The molecule has 0 aliphatic carbocycles. The van der Waals surface area contributed by atoms with Crippen LogP contribution in [0.1, 0.15) is 0 Å². The van der Waals surface area contributed by atoms with Crippen LogP contribution in [0.4, 0.5) is 0 Å². The van der Waals surface area contributed by atoms with Gasteiger partial charge in [0.25, 0.3) is 0 Å². The fourth-order valence-electron chi connectivity index (χ4n) is 10.3. The zero-order chi connectivity index (χ0) is 44.7. The fraction of sp³-hybridized carbons (Fsp3) is 0. The number of hydrogen-bond donors (Lipinski definition) is 0. The van der Waals surface area contributed by atoms with Gasteiger partial charge in [-0.15, -0.1) is 0 Å². The number of rotatable bonds is 6. The molecule has 0 fully saturated rings. The molecule has 68 heavy (non-hydrogen) atoms. The van der Waals surface area contributed by atoms with E-state index in [0.717, 1.165) is 99.2 Å². The Balaban J connectivity index is 0.980. The van der Waals surface area contributed by atoms with Gasteiger partial charge in [-0.3, -0.25) is 9.97 Å². The summed E-state index contributed by atoms with van der Waals surface area (Å²) in [7, 11) is 0. The Kier molecular flexibility index (Phi) is 8.45. The first-order chi connectivity index (χ1) is 33.7. The van der Waals surface area contributed by atoms with Crippen LogP contribution in [0.25, 0.3) is 133 Å². The highest BCUT2D eigenvalue weighted by Crippen LogP contribution is 2.41. The molecule has 5 aromatic heterocycles. The van der Waals surface area contributed by atoms with Crippen LogP contribution in [0.3, 0.4) is 0 Å². The lowest BCUT2D eigenvalue weighted by Gasteiger charge is -2.15. The van der Waals surface area contributed by atoms with E-state index in [1.54, 1.807) is 0 Å². The lowest BCUT2D eigenvalue weighted by Crippen LogP contribution is -2.02. The van der Waals surface area contributed by atoms with E-state index in [1.165, 1.54) is 16.2 Å². The first-order valence-corrected chi connectivity index (χ1v) is 22.8. The minimum absolute atomic E-state index is 0.594. The zero-order valence-corrected chi connectivity index (χ0v) is 36.5. The molecule has 0 N–H and O–H groups in total. The predicted octanol–water partition coefficient (Wildman–Crippen LogP) is 15.0. The summed E-state index contributed by atoms with van der Waals surface area (Å²) in [5, 5.41) is 8.95. The number of hydrogen-bond acceptors (Lipinski definition) is 5. The van der Waals surface area contributed by atoms with Crippen LogP contribution in [0.2, 0.25) is 0 Å². The van der Waals surface area contributed by atoms with Crippen LogP contribution in [-0.2, 0) is 0 Å². The molecule has 0 saturated carbocycles. The number of benzene rings is 9. The minimum atomic E-state index is 0.594. The topological polar surface area (TPSA) is 74.3 Å². The third kappa shape index (κ3) is 5.96. The molecule has 0 aliphatic rings. The van der Waals surface area contributed by atoms with Gasteiger partial charge in [0.1, 0.15) is 0 Å². The average Bonchev–Trinajstić information content (AvgIpc) is 3.93. The Morgan fingerprint density at radius 2 is 0.824 bits per heavy atom. The van der Waals surface area contributed by atoms with Gasteiger partial charge in [0.2, 0.25) is 0 Å². The van der Waals surface area contributed by atoms with Crippen molar-refractivity contribution in [3.05, 3.63) is 225 Å². The van der Waals surface area contributed by atoms with Crippen molar-refractivity contribution in [1.29, 1.82) is 0 Å². The molecule has 0 aliphatic heterocycles. The van der Waals surface area contributed by atoms with Crippen LogP contribution < -0.4 is 0 Å². The second-order valence-electron chi connectivity index (χ2n) is 17.3. The fourth-order valence-corrected chi connectivity index (χ4v) is 10.3. The standard InChI is InChI=1S/C61H37N7/c1-3-14-40(15-4-1)59-64-60(41-16-5-2-6-17-41)66-61(65-59)51-37-44(36-50-45(51)29-26-39-20-13-32-62-57(39)50)67-52-23-9-7-21-46(52)48-34-42(27-30-54(48)67)43-28-31-55-49(35-43)47-22-8-10-24-53(47)68(55)56-25-11-18-38-19-12-33-63-58(38)56/h1-37H. The Bertz CT molecular complexity index is 4260. The van der Waals surface area contributed by atoms with Gasteiger partial charge in [-0.2, -0.15) is 0 Å². The van der Waals surface area contributed by atoms with E-state index in [9.17, 15) is 0 Å².